The van der Waals surface area contributed by atoms with Crippen LogP contribution in [-0.2, 0) is 12.8 Å². The monoisotopic (exact) mass is 290 g/mol. The van der Waals surface area contributed by atoms with Crippen LogP contribution in [0.4, 0.5) is 0 Å². The normalized spacial score (nSPS) is 9.90. The molecule has 110 valence electrons. The average molecular weight is 290 g/mol. The number of hydrogen-bond acceptors (Lipinski definition) is 3. The van der Waals surface area contributed by atoms with Gasteiger partial charge in [0.05, 0.1) is 0 Å². The molecule has 0 saturated heterocycles. The van der Waals surface area contributed by atoms with E-state index in [1.54, 1.807) is 0 Å². The zero-order valence-electron chi connectivity index (χ0n) is 12.6. The van der Waals surface area contributed by atoms with E-state index in [0.29, 0.717) is 0 Å². The first-order valence-electron chi connectivity index (χ1n) is 7.22. The zero-order valence-corrected chi connectivity index (χ0v) is 13.4. The largest absolute Gasteiger partial charge is 0.320 e. The highest BCUT2D eigenvalue weighted by Gasteiger charge is 1.89. The van der Waals surface area contributed by atoms with E-state index in [9.17, 15) is 0 Å². The molecule has 0 aliphatic heterocycles. The second kappa shape index (κ2) is 11.6. The van der Waals surface area contributed by atoms with Crippen LogP contribution in [0.1, 0.15) is 16.9 Å². The molecule has 2 N–H and O–H groups in total. The van der Waals surface area contributed by atoms with Gasteiger partial charge in [-0.05, 0) is 63.5 Å². The Balaban J connectivity index is 0.000000204. The van der Waals surface area contributed by atoms with Gasteiger partial charge >= 0.3 is 0 Å². The number of thiophene rings is 1. The highest BCUT2D eigenvalue weighted by molar-refractivity contribution is 7.09. The summed E-state index contributed by atoms with van der Waals surface area (Å²) in [4.78, 5) is 1.46. The topological polar surface area (TPSA) is 24.1 Å². The summed E-state index contributed by atoms with van der Waals surface area (Å²) < 4.78 is 0. The molecule has 0 amide bonds. The summed E-state index contributed by atoms with van der Waals surface area (Å²) in [6.45, 7) is 2.19. The first-order chi connectivity index (χ1) is 9.86. The van der Waals surface area contributed by atoms with Crippen molar-refractivity contribution in [3.63, 3.8) is 0 Å². The third-order valence-electron chi connectivity index (χ3n) is 2.94. The van der Waals surface area contributed by atoms with Gasteiger partial charge in [0, 0.05) is 4.88 Å². The third kappa shape index (κ3) is 8.10. The minimum absolute atomic E-state index is 1.08. The van der Waals surface area contributed by atoms with Gasteiger partial charge in [0.15, 0.2) is 0 Å². The molecule has 0 spiro atoms. The molecule has 3 heteroatoms. The van der Waals surface area contributed by atoms with Crippen molar-refractivity contribution in [3.05, 3.63) is 58.3 Å². The summed E-state index contributed by atoms with van der Waals surface area (Å²) in [5.41, 5.74) is 1.43. The van der Waals surface area contributed by atoms with Gasteiger partial charge in [-0.15, -0.1) is 11.3 Å². The van der Waals surface area contributed by atoms with Crippen LogP contribution < -0.4 is 10.6 Å². The number of aryl methyl sites for hydroxylation is 1. The number of benzene rings is 1. The highest BCUT2D eigenvalue weighted by atomic mass is 32.1. The Bertz CT molecular complexity index is 412. The Morgan fingerprint density at radius 2 is 1.60 bits per heavy atom. The van der Waals surface area contributed by atoms with Crippen LogP contribution >= 0.6 is 11.3 Å². The Labute approximate surface area is 127 Å². The molecule has 0 unspecified atom stereocenters. The van der Waals surface area contributed by atoms with Gasteiger partial charge in [-0.2, -0.15) is 0 Å². The van der Waals surface area contributed by atoms with Crippen molar-refractivity contribution in [2.75, 3.05) is 27.2 Å². The van der Waals surface area contributed by atoms with Crippen molar-refractivity contribution in [2.24, 2.45) is 0 Å². The summed E-state index contributed by atoms with van der Waals surface area (Å²) in [6, 6.07) is 14.9. The Morgan fingerprint density at radius 3 is 2.20 bits per heavy atom. The summed E-state index contributed by atoms with van der Waals surface area (Å²) >= 11 is 1.82. The molecule has 1 aromatic heterocycles. The maximum Gasteiger partial charge on any atom is 0.00578 e. The molecule has 20 heavy (non-hydrogen) atoms. The maximum absolute atomic E-state index is 3.14. The van der Waals surface area contributed by atoms with Crippen LogP contribution in [0.15, 0.2) is 47.8 Å². The molecule has 2 nitrogen and oxygen atoms in total. The van der Waals surface area contributed by atoms with E-state index in [0.717, 1.165) is 19.5 Å². The first-order valence-corrected chi connectivity index (χ1v) is 8.10. The molecule has 0 radical (unpaired) electrons. The second-order valence-electron chi connectivity index (χ2n) is 4.63. The van der Waals surface area contributed by atoms with Crippen molar-refractivity contribution in [1.29, 1.82) is 0 Å². The van der Waals surface area contributed by atoms with Crippen LogP contribution in [0.3, 0.4) is 0 Å². The van der Waals surface area contributed by atoms with Crippen LogP contribution in [-0.4, -0.2) is 27.2 Å². The molecule has 0 aliphatic rings. The van der Waals surface area contributed by atoms with Crippen LogP contribution in [0.5, 0.6) is 0 Å². The molecular weight excluding hydrogens is 264 g/mol. The van der Waals surface area contributed by atoms with Gasteiger partial charge in [-0.1, -0.05) is 36.4 Å². The predicted octanol–water partition coefficient (Wildman–Crippen LogP) is 3.35. The molecule has 2 aromatic rings. The summed E-state index contributed by atoms with van der Waals surface area (Å²) in [6.07, 6.45) is 3.57. The minimum Gasteiger partial charge on any atom is -0.320 e. The average Bonchev–Trinajstić information content (AvgIpc) is 3.00. The Kier molecular flexibility index (Phi) is 9.84. The Hall–Kier alpha value is -1.16. The molecule has 0 saturated carbocycles. The number of hydrogen-bond donors (Lipinski definition) is 2. The summed E-state index contributed by atoms with van der Waals surface area (Å²) in [7, 11) is 3.97. The van der Waals surface area contributed by atoms with Crippen molar-refractivity contribution in [2.45, 2.75) is 19.3 Å². The molecule has 1 heterocycles. The third-order valence-corrected chi connectivity index (χ3v) is 3.87. The van der Waals surface area contributed by atoms with Crippen molar-refractivity contribution < 1.29 is 0 Å². The standard InChI is InChI=1S/C10H15N.C7H11NS/c1-11-9-5-8-10-6-3-2-4-7-10;1-8-5-4-7-3-2-6-9-7/h2-4,6-7,11H,5,8-9H2,1H3;2-3,6,8H,4-5H2,1H3. The van der Waals surface area contributed by atoms with Gasteiger partial charge in [0.2, 0.25) is 0 Å². The van der Waals surface area contributed by atoms with Gasteiger partial charge in [0.25, 0.3) is 0 Å². The van der Waals surface area contributed by atoms with E-state index in [-0.39, 0.29) is 0 Å². The molecule has 0 fully saturated rings. The lowest BCUT2D eigenvalue weighted by atomic mass is 10.1. The van der Waals surface area contributed by atoms with E-state index in [4.69, 9.17) is 0 Å². The molecular formula is C17H26N2S. The predicted molar refractivity (Wildman–Crippen MR) is 90.6 cm³/mol. The van der Waals surface area contributed by atoms with E-state index in [1.165, 1.54) is 23.3 Å². The SMILES string of the molecule is CNCCCc1ccccc1.CNCCc1cccs1. The van der Waals surface area contributed by atoms with Gasteiger partial charge < -0.3 is 10.6 Å². The number of rotatable bonds is 7. The second-order valence-corrected chi connectivity index (χ2v) is 5.66. The van der Waals surface area contributed by atoms with Gasteiger partial charge in [-0.25, -0.2) is 0 Å². The molecule has 0 atom stereocenters. The lowest BCUT2D eigenvalue weighted by molar-refractivity contribution is 0.725. The fourth-order valence-electron chi connectivity index (χ4n) is 1.82. The number of likely N-dealkylation sites (N-methyl/N-ethyl adjacent to an activating group) is 1. The number of nitrogens with one attached hydrogen (secondary N) is 2. The zero-order chi connectivity index (χ0) is 14.5. The fourth-order valence-corrected chi connectivity index (χ4v) is 2.53. The highest BCUT2D eigenvalue weighted by Crippen LogP contribution is 2.07. The van der Waals surface area contributed by atoms with Gasteiger partial charge in [-0.3, -0.25) is 0 Å². The lowest BCUT2D eigenvalue weighted by Gasteiger charge is -1.99. The quantitative estimate of drug-likeness (QED) is 0.764. The van der Waals surface area contributed by atoms with Crippen LogP contribution in [0.2, 0.25) is 0 Å². The smallest absolute Gasteiger partial charge is 0.00578 e. The van der Waals surface area contributed by atoms with Crippen LogP contribution in [0, 0.1) is 0 Å². The fraction of sp³-hybridized carbons (Fsp3) is 0.412. The van der Waals surface area contributed by atoms with Crippen molar-refractivity contribution in [1.82, 2.24) is 10.6 Å². The van der Waals surface area contributed by atoms with E-state index < -0.39 is 0 Å². The van der Waals surface area contributed by atoms with Gasteiger partial charge in [0.1, 0.15) is 0 Å². The molecule has 0 bridgehead atoms. The van der Waals surface area contributed by atoms with E-state index in [2.05, 4.69) is 58.5 Å². The summed E-state index contributed by atoms with van der Waals surface area (Å²) in [5, 5.41) is 8.37. The van der Waals surface area contributed by atoms with E-state index >= 15 is 0 Å². The van der Waals surface area contributed by atoms with E-state index in [1.807, 2.05) is 25.4 Å². The first kappa shape index (κ1) is 16.9. The molecule has 1 aromatic carbocycles. The maximum atomic E-state index is 3.14. The Morgan fingerprint density at radius 1 is 0.850 bits per heavy atom. The van der Waals surface area contributed by atoms with Crippen molar-refractivity contribution in [3.8, 4) is 0 Å². The van der Waals surface area contributed by atoms with Crippen LogP contribution in [0.25, 0.3) is 0 Å². The molecule has 0 aliphatic carbocycles. The molecule has 2 rings (SSSR count). The van der Waals surface area contributed by atoms with Crippen molar-refractivity contribution >= 4 is 11.3 Å². The minimum atomic E-state index is 1.08. The summed E-state index contributed by atoms with van der Waals surface area (Å²) in [5.74, 6) is 0. The lowest BCUT2D eigenvalue weighted by Crippen LogP contribution is -2.09.